The Morgan fingerprint density at radius 3 is 2.62 bits per heavy atom. The largest absolute Gasteiger partial charge is 0.475 e. The van der Waals surface area contributed by atoms with Gasteiger partial charge in [-0.05, 0) is 25.0 Å². The van der Waals surface area contributed by atoms with Crippen LogP contribution in [0.1, 0.15) is 26.2 Å². The van der Waals surface area contributed by atoms with Crippen molar-refractivity contribution < 1.29 is 4.74 Å². The van der Waals surface area contributed by atoms with E-state index in [1.807, 2.05) is 30.3 Å². The van der Waals surface area contributed by atoms with Gasteiger partial charge in [-0.3, -0.25) is 0 Å². The Balaban J connectivity index is 2.32. The number of unbranched alkanes of at least 4 members (excludes halogenated alkanes) is 1. The lowest BCUT2D eigenvalue weighted by atomic mass is 10.2. The zero-order valence-corrected chi connectivity index (χ0v) is 8.63. The van der Waals surface area contributed by atoms with Crippen molar-refractivity contribution in [2.24, 2.45) is 0 Å². The molecule has 0 aliphatic carbocycles. The molecule has 1 atom stereocenters. The molecule has 2 heteroatoms. The van der Waals surface area contributed by atoms with Gasteiger partial charge >= 0.3 is 0 Å². The van der Waals surface area contributed by atoms with Gasteiger partial charge in [0.05, 0.1) is 0 Å². The predicted molar refractivity (Wildman–Crippen MR) is 56.2 cm³/mol. The first-order valence-corrected chi connectivity index (χ1v) is 5.12. The maximum absolute atomic E-state index is 5.97. The first kappa shape index (κ1) is 10.4. The Bertz CT molecular complexity index is 223. The standard InChI is InChI=1S/C11H15ClO/c1-2-3-9-11(12)13-10-7-5-4-6-8-10/h4-8,11H,2-3,9H2,1H3. The van der Waals surface area contributed by atoms with Gasteiger partial charge in [0.2, 0.25) is 0 Å². The lowest BCUT2D eigenvalue weighted by molar-refractivity contribution is 0.266. The van der Waals surface area contributed by atoms with Crippen molar-refractivity contribution in [3.63, 3.8) is 0 Å². The fourth-order valence-electron chi connectivity index (χ4n) is 1.07. The van der Waals surface area contributed by atoms with E-state index in [0.717, 1.165) is 25.0 Å². The van der Waals surface area contributed by atoms with Crippen LogP contribution >= 0.6 is 11.6 Å². The number of alkyl halides is 1. The van der Waals surface area contributed by atoms with Crippen LogP contribution in [0.5, 0.6) is 5.75 Å². The second kappa shape index (κ2) is 5.87. The molecule has 0 spiro atoms. The van der Waals surface area contributed by atoms with E-state index in [4.69, 9.17) is 16.3 Å². The molecule has 0 saturated carbocycles. The average molecular weight is 199 g/mol. The van der Waals surface area contributed by atoms with Crippen molar-refractivity contribution >= 4 is 11.6 Å². The lowest BCUT2D eigenvalue weighted by Crippen LogP contribution is -2.07. The molecule has 0 saturated heterocycles. The molecule has 0 radical (unpaired) electrons. The Morgan fingerprint density at radius 1 is 1.31 bits per heavy atom. The summed E-state index contributed by atoms with van der Waals surface area (Å²) in [5.74, 6) is 0.846. The number of benzene rings is 1. The number of hydrogen-bond donors (Lipinski definition) is 0. The summed E-state index contributed by atoms with van der Waals surface area (Å²) in [6.45, 7) is 2.14. The van der Waals surface area contributed by atoms with Crippen LogP contribution in [0, 0.1) is 0 Å². The minimum Gasteiger partial charge on any atom is -0.475 e. The quantitative estimate of drug-likeness (QED) is 0.654. The second-order valence-electron chi connectivity index (χ2n) is 2.98. The molecule has 1 unspecified atom stereocenters. The molecule has 1 aromatic rings. The highest BCUT2D eigenvalue weighted by atomic mass is 35.5. The van der Waals surface area contributed by atoms with E-state index < -0.39 is 0 Å². The van der Waals surface area contributed by atoms with Gasteiger partial charge in [0.1, 0.15) is 5.75 Å². The average Bonchev–Trinajstić information content (AvgIpc) is 2.16. The SMILES string of the molecule is CCCCC(Cl)Oc1ccccc1. The van der Waals surface area contributed by atoms with E-state index in [9.17, 15) is 0 Å². The normalized spacial score (nSPS) is 12.5. The van der Waals surface area contributed by atoms with Crippen LogP contribution in [0.15, 0.2) is 30.3 Å². The highest BCUT2D eigenvalue weighted by Gasteiger charge is 2.04. The monoisotopic (exact) mass is 198 g/mol. The topological polar surface area (TPSA) is 9.23 Å². The molecule has 0 N–H and O–H groups in total. The van der Waals surface area contributed by atoms with Crippen molar-refractivity contribution in [2.45, 2.75) is 31.7 Å². The zero-order chi connectivity index (χ0) is 9.52. The summed E-state index contributed by atoms with van der Waals surface area (Å²) < 4.78 is 5.48. The summed E-state index contributed by atoms with van der Waals surface area (Å²) in [5, 5.41) is 0. The highest BCUT2D eigenvalue weighted by molar-refractivity contribution is 6.19. The van der Waals surface area contributed by atoms with Crippen LogP contribution in [-0.4, -0.2) is 5.56 Å². The molecule has 13 heavy (non-hydrogen) atoms. The van der Waals surface area contributed by atoms with E-state index in [0.29, 0.717) is 0 Å². The predicted octanol–water partition coefficient (Wildman–Crippen LogP) is 3.82. The Kier molecular flexibility index (Phi) is 4.69. The Morgan fingerprint density at radius 2 is 2.00 bits per heavy atom. The molecule has 0 bridgehead atoms. The smallest absolute Gasteiger partial charge is 0.172 e. The van der Waals surface area contributed by atoms with Gasteiger partial charge in [-0.1, -0.05) is 43.1 Å². The van der Waals surface area contributed by atoms with Gasteiger partial charge < -0.3 is 4.74 Å². The van der Waals surface area contributed by atoms with E-state index in [-0.39, 0.29) is 5.56 Å². The summed E-state index contributed by atoms with van der Waals surface area (Å²) in [6, 6.07) is 9.68. The number of ether oxygens (including phenoxy) is 1. The van der Waals surface area contributed by atoms with Gasteiger partial charge in [0, 0.05) is 0 Å². The summed E-state index contributed by atoms with van der Waals surface area (Å²) >= 11 is 5.97. The van der Waals surface area contributed by atoms with Crippen molar-refractivity contribution in [3.05, 3.63) is 30.3 Å². The molecule has 0 aliphatic rings. The molecule has 1 nitrogen and oxygen atoms in total. The van der Waals surface area contributed by atoms with Crippen molar-refractivity contribution in [3.8, 4) is 5.75 Å². The fourth-order valence-corrected chi connectivity index (χ4v) is 1.33. The summed E-state index contributed by atoms with van der Waals surface area (Å²) in [7, 11) is 0. The Labute approximate surface area is 84.7 Å². The maximum atomic E-state index is 5.97. The van der Waals surface area contributed by atoms with Gasteiger partial charge in [-0.2, -0.15) is 0 Å². The first-order chi connectivity index (χ1) is 6.33. The number of hydrogen-bond acceptors (Lipinski definition) is 1. The second-order valence-corrected chi connectivity index (χ2v) is 3.47. The van der Waals surface area contributed by atoms with Gasteiger partial charge in [-0.15, -0.1) is 0 Å². The van der Waals surface area contributed by atoms with Crippen molar-refractivity contribution in [2.75, 3.05) is 0 Å². The molecule has 0 fully saturated rings. The number of halogens is 1. The van der Waals surface area contributed by atoms with Crippen LogP contribution < -0.4 is 4.74 Å². The van der Waals surface area contributed by atoms with Crippen LogP contribution in [0.2, 0.25) is 0 Å². The summed E-state index contributed by atoms with van der Waals surface area (Å²) in [4.78, 5) is 0. The molecule has 1 aromatic carbocycles. The van der Waals surface area contributed by atoms with Gasteiger partial charge in [0.15, 0.2) is 5.56 Å². The maximum Gasteiger partial charge on any atom is 0.172 e. The molecule has 1 rings (SSSR count). The molecule has 0 aromatic heterocycles. The van der Waals surface area contributed by atoms with Crippen LogP contribution in [-0.2, 0) is 0 Å². The molecule has 0 aliphatic heterocycles. The third-order valence-corrected chi connectivity index (χ3v) is 2.10. The molecule has 0 heterocycles. The fraction of sp³-hybridized carbons (Fsp3) is 0.455. The van der Waals surface area contributed by atoms with E-state index in [2.05, 4.69) is 6.92 Å². The third-order valence-electron chi connectivity index (χ3n) is 1.79. The lowest BCUT2D eigenvalue weighted by Gasteiger charge is -2.11. The summed E-state index contributed by atoms with van der Waals surface area (Å²) in [6.07, 6.45) is 3.18. The van der Waals surface area contributed by atoms with Crippen LogP contribution in [0.25, 0.3) is 0 Å². The van der Waals surface area contributed by atoms with Crippen LogP contribution in [0.4, 0.5) is 0 Å². The molecular formula is C11H15ClO. The number of para-hydroxylation sites is 1. The Hall–Kier alpha value is -0.690. The number of rotatable bonds is 5. The first-order valence-electron chi connectivity index (χ1n) is 4.68. The third kappa shape index (κ3) is 4.18. The zero-order valence-electron chi connectivity index (χ0n) is 7.87. The van der Waals surface area contributed by atoms with Crippen LogP contribution in [0.3, 0.4) is 0 Å². The van der Waals surface area contributed by atoms with E-state index >= 15 is 0 Å². The van der Waals surface area contributed by atoms with E-state index in [1.54, 1.807) is 0 Å². The summed E-state index contributed by atoms with van der Waals surface area (Å²) in [5.41, 5.74) is -0.192. The van der Waals surface area contributed by atoms with Gasteiger partial charge in [-0.25, -0.2) is 0 Å². The van der Waals surface area contributed by atoms with Crippen molar-refractivity contribution in [1.29, 1.82) is 0 Å². The molecular weight excluding hydrogens is 184 g/mol. The van der Waals surface area contributed by atoms with Gasteiger partial charge in [0.25, 0.3) is 0 Å². The minimum atomic E-state index is -0.192. The molecule has 72 valence electrons. The van der Waals surface area contributed by atoms with E-state index in [1.165, 1.54) is 0 Å². The van der Waals surface area contributed by atoms with Crippen molar-refractivity contribution in [1.82, 2.24) is 0 Å². The highest BCUT2D eigenvalue weighted by Crippen LogP contribution is 2.16. The minimum absolute atomic E-state index is 0.192. The molecule has 0 amide bonds.